The summed E-state index contributed by atoms with van der Waals surface area (Å²) < 4.78 is 12.6. The molecule has 3 heterocycles. The maximum absolute atomic E-state index is 12.9. The van der Waals surface area contributed by atoms with Gasteiger partial charge < -0.3 is 9.47 Å². The van der Waals surface area contributed by atoms with Crippen LogP contribution in [0.3, 0.4) is 0 Å². The number of hydrogen-bond donors (Lipinski definition) is 0. The minimum absolute atomic E-state index is 0.286. The average Bonchev–Trinajstić information content (AvgIpc) is 3.03. The van der Waals surface area contributed by atoms with Crippen molar-refractivity contribution in [3.63, 3.8) is 0 Å². The van der Waals surface area contributed by atoms with Crippen molar-refractivity contribution in [2.75, 3.05) is 27.3 Å². The zero-order valence-electron chi connectivity index (χ0n) is 18.4. The molecular weight excluding hydrogens is 364 g/mol. The molecule has 1 aromatic heterocycles. The summed E-state index contributed by atoms with van der Waals surface area (Å²) in [5.41, 5.74) is 3.41. The zero-order chi connectivity index (χ0) is 20.7. The fourth-order valence-electron chi connectivity index (χ4n) is 5.60. The predicted octanol–water partition coefficient (Wildman–Crippen LogP) is 5.05. The molecule has 0 radical (unpaired) electrons. The fourth-order valence-corrected chi connectivity index (χ4v) is 5.60. The van der Waals surface area contributed by atoms with Crippen LogP contribution in [0.2, 0.25) is 0 Å². The third kappa shape index (κ3) is 3.43. The molecule has 0 aliphatic carbocycles. The van der Waals surface area contributed by atoms with Gasteiger partial charge in [0.15, 0.2) is 0 Å². The van der Waals surface area contributed by atoms with E-state index in [2.05, 4.69) is 31.7 Å². The van der Waals surface area contributed by atoms with Crippen LogP contribution in [-0.2, 0) is 11.2 Å². The molecular formula is C24H34N2O3. The first-order chi connectivity index (χ1) is 14.0. The third-order valence-electron chi connectivity index (χ3n) is 7.35. The Bertz CT molecular complexity index is 903. The van der Waals surface area contributed by atoms with E-state index in [-0.39, 0.29) is 6.09 Å². The highest BCUT2D eigenvalue weighted by Crippen LogP contribution is 2.45. The molecule has 3 unspecified atom stereocenters. The number of aromatic nitrogens is 1. The van der Waals surface area contributed by atoms with Gasteiger partial charge in [-0.05, 0) is 61.8 Å². The Morgan fingerprint density at radius 1 is 1.31 bits per heavy atom. The molecule has 0 saturated carbocycles. The van der Waals surface area contributed by atoms with E-state index in [0.29, 0.717) is 17.9 Å². The van der Waals surface area contributed by atoms with Crippen LogP contribution >= 0.6 is 0 Å². The highest BCUT2D eigenvalue weighted by atomic mass is 16.5. The van der Waals surface area contributed by atoms with Crippen LogP contribution in [-0.4, -0.2) is 48.9 Å². The lowest BCUT2D eigenvalue weighted by atomic mass is 9.78. The predicted molar refractivity (Wildman–Crippen MR) is 116 cm³/mol. The van der Waals surface area contributed by atoms with Crippen LogP contribution in [0, 0.1) is 11.8 Å². The number of ether oxygens (including phenoxy) is 2. The Morgan fingerprint density at radius 2 is 2.10 bits per heavy atom. The van der Waals surface area contributed by atoms with Crippen LogP contribution < -0.4 is 4.74 Å². The second-order valence-corrected chi connectivity index (χ2v) is 9.00. The van der Waals surface area contributed by atoms with Gasteiger partial charge in [-0.2, -0.15) is 0 Å². The summed E-state index contributed by atoms with van der Waals surface area (Å²) in [5.74, 6) is 2.59. The molecule has 0 spiro atoms. The lowest BCUT2D eigenvalue weighted by Crippen LogP contribution is -2.46. The first kappa shape index (κ1) is 20.3. The van der Waals surface area contributed by atoms with Crippen molar-refractivity contribution in [3.05, 3.63) is 29.5 Å². The summed E-state index contributed by atoms with van der Waals surface area (Å²) in [6.45, 7) is 9.19. The second kappa shape index (κ2) is 8.02. The Morgan fingerprint density at radius 3 is 2.79 bits per heavy atom. The van der Waals surface area contributed by atoms with E-state index in [9.17, 15) is 4.79 Å². The summed E-state index contributed by atoms with van der Waals surface area (Å²) in [5, 5.41) is 1.13. The average molecular weight is 399 g/mol. The largest absolute Gasteiger partial charge is 0.497 e. The molecule has 5 nitrogen and oxygen atoms in total. The van der Waals surface area contributed by atoms with Gasteiger partial charge in [0.25, 0.3) is 0 Å². The van der Waals surface area contributed by atoms with Crippen LogP contribution in [0.5, 0.6) is 5.75 Å². The molecule has 2 aliphatic heterocycles. The maximum Gasteiger partial charge on any atom is 0.418 e. The number of methoxy groups -OCH3 is 2. The van der Waals surface area contributed by atoms with E-state index in [1.807, 2.05) is 16.7 Å². The number of nitrogens with zero attached hydrogens (tertiary/aromatic N) is 2. The summed E-state index contributed by atoms with van der Waals surface area (Å²) in [6.07, 6.45) is 4.30. The summed E-state index contributed by atoms with van der Waals surface area (Å²) in [6, 6.07) is 6.45. The first-order valence-electron chi connectivity index (χ1n) is 11.0. The van der Waals surface area contributed by atoms with E-state index in [0.717, 1.165) is 42.0 Å². The van der Waals surface area contributed by atoms with Crippen LogP contribution in [0.1, 0.15) is 57.2 Å². The summed E-state index contributed by atoms with van der Waals surface area (Å²) >= 11 is 0. The number of carbonyl (C=O) groups excluding carboxylic acids is 1. The second-order valence-electron chi connectivity index (χ2n) is 9.00. The number of carbonyl (C=O) groups is 1. The molecule has 2 aliphatic rings. The molecule has 1 aromatic carbocycles. The van der Waals surface area contributed by atoms with Gasteiger partial charge in [-0.3, -0.25) is 4.90 Å². The van der Waals surface area contributed by atoms with Crippen LogP contribution in [0.4, 0.5) is 4.79 Å². The number of fused-ring (bicyclic) bond motifs is 6. The summed E-state index contributed by atoms with van der Waals surface area (Å²) in [4.78, 5) is 15.5. The van der Waals surface area contributed by atoms with Gasteiger partial charge >= 0.3 is 6.09 Å². The van der Waals surface area contributed by atoms with Crippen LogP contribution in [0.25, 0.3) is 10.9 Å². The van der Waals surface area contributed by atoms with Gasteiger partial charge in [-0.15, -0.1) is 0 Å². The molecule has 1 saturated heterocycles. The minimum Gasteiger partial charge on any atom is -0.497 e. The van der Waals surface area contributed by atoms with Crippen molar-refractivity contribution in [2.45, 2.75) is 58.4 Å². The topological polar surface area (TPSA) is 43.7 Å². The van der Waals surface area contributed by atoms with E-state index in [1.165, 1.54) is 37.8 Å². The van der Waals surface area contributed by atoms with Gasteiger partial charge in [0.1, 0.15) is 5.75 Å². The van der Waals surface area contributed by atoms with Gasteiger partial charge in [-0.1, -0.05) is 20.3 Å². The number of piperidine rings is 1. The molecule has 29 heavy (non-hydrogen) atoms. The SMILES string of the molecule is CCC(C)C[C@H]1C[C@H]2c3c(c4cc(OC)ccc4n3C(=O)OC)CCN(C1)C2C. The van der Waals surface area contributed by atoms with Gasteiger partial charge in [-0.25, -0.2) is 9.36 Å². The standard InChI is InChI=1S/C24H34N2O3/c1-6-15(2)11-17-12-20-16(3)25(14-17)10-9-19-21-13-18(28-4)7-8-22(21)26(23(19)20)24(27)29-5/h7-8,13,15-17,20H,6,9-12,14H2,1-5H3/t15?,16?,17-,20+/m0/s1. The van der Waals surface area contributed by atoms with E-state index in [1.54, 1.807) is 7.11 Å². The van der Waals surface area contributed by atoms with Crippen molar-refractivity contribution in [1.29, 1.82) is 0 Å². The van der Waals surface area contributed by atoms with Crippen molar-refractivity contribution >= 4 is 17.0 Å². The van der Waals surface area contributed by atoms with Gasteiger partial charge in [0, 0.05) is 36.1 Å². The molecule has 5 heteroatoms. The van der Waals surface area contributed by atoms with Gasteiger partial charge in [0.2, 0.25) is 0 Å². The van der Waals surface area contributed by atoms with Crippen LogP contribution in [0.15, 0.2) is 18.2 Å². The molecule has 4 rings (SSSR count). The van der Waals surface area contributed by atoms with E-state index >= 15 is 0 Å². The Kier molecular flexibility index (Phi) is 5.60. The molecule has 158 valence electrons. The minimum atomic E-state index is -0.286. The molecule has 2 aromatic rings. The fraction of sp³-hybridized carbons (Fsp3) is 0.625. The third-order valence-corrected chi connectivity index (χ3v) is 7.35. The van der Waals surface area contributed by atoms with Gasteiger partial charge in [0.05, 0.1) is 19.7 Å². The van der Waals surface area contributed by atoms with Crippen molar-refractivity contribution < 1.29 is 14.3 Å². The van der Waals surface area contributed by atoms with Crippen molar-refractivity contribution in [2.24, 2.45) is 11.8 Å². The Balaban J connectivity index is 1.86. The number of rotatable bonds is 4. The zero-order valence-corrected chi connectivity index (χ0v) is 18.4. The van der Waals surface area contributed by atoms with Crippen molar-refractivity contribution in [1.82, 2.24) is 9.47 Å². The summed E-state index contributed by atoms with van der Waals surface area (Å²) in [7, 11) is 3.17. The highest BCUT2D eigenvalue weighted by molar-refractivity contribution is 5.95. The van der Waals surface area contributed by atoms with Crippen molar-refractivity contribution in [3.8, 4) is 5.75 Å². The molecule has 5 atom stereocenters. The van der Waals surface area contributed by atoms with E-state index < -0.39 is 0 Å². The smallest absolute Gasteiger partial charge is 0.418 e. The monoisotopic (exact) mass is 398 g/mol. The lowest BCUT2D eigenvalue weighted by molar-refractivity contribution is 0.0906. The molecule has 1 fully saturated rings. The molecule has 2 bridgehead atoms. The molecule has 0 N–H and O–H groups in total. The lowest BCUT2D eigenvalue weighted by Gasteiger charge is -2.42. The number of hydrogen-bond acceptors (Lipinski definition) is 4. The quantitative estimate of drug-likeness (QED) is 0.723. The Hall–Kier alpha value is -2.01. The maximum atomic E-state index is 12.9. The Labute approximate surface area is 174 Å². The highest BCUT2D eigenvalue weighted by Gasteiger charge is 2.41. The number of benzene rings is 1. The van der Waals surface area contributed by atoms with E-state index in [4.69, 9.17) is 9.47 Å². The first-order valence-corrected chi connectivity index (χ1v) is 11.0. The normalized spacial score (nSPS) is 27.2. The molecule has 0 amide bonds.